The van der Waals surface area contributed by atoms with Gasteiger partial charge in [-0.25, -0.2) is 9.97 Å². The van der Waals surface area contributed by atoms with Gasteiger partial charge in [0, 0.05) is 44.2 Å². The molecule has 0 saturated heterocycles. The van der Waals surface area contributed by atoms with Crippen LogP contribution in [-0.4, -0.2) is 14.5 Å². The van der Waals surface area contributed by atoms with Crippen LogP contribution < -0.4 is 0 Å². The molecular formula is C48H29N3O. The topological polar surface area (TPSA) is 43.9 Å². The fourth-order valence-corrected chi connectivity index (χ4v) is 7.99. The van der Waals surface area contributed by atoms with E-state index in [2.05, 4.69) is 168 Å². The minimum atomic E-state index is 0.637. The van der Waals surface area contributed by atoms with Gasteiger partial charge in [-0.05, 0) is 58.3 Å². The van der Waals surface area contributed by atoms with Gasteiger partial charge in [-0.1, -0.05) is 133 Å². The molecule has 0 radical (unpaired) electrons. The average Bonchev–Trinajstić information content (AvgIpc) is 3.77. The molecule has 0 saturated carbocycles. The zero-order valence-corrected chi connectivity index (χ0v) is 28.0. The van der Waals surface area contributed by atoms with Gasteiger partial charge >= 0.3 is 0 Å². The fourth-order valence-electron chi connectivity index (χ4n) is 7.99. The standard InChI is InChI=1S/C48H29N3O/c1-2-12-30(13-3-1)31-22-24-32(25-23-31)46-38-18-6-9-19-41(38)49-48(50-46)40-28-33-14-4-5-15-35(33)45-39-27-26-34(29-44(39)52-47(40)45)51-42-20-10-7-16-36(42)37-17-8-11-21-43(37)51/h1-29H. The Balaban J connectivity index is 1.14. The molecule has 3 aromatic heterocycles. The van der Waals surface area contributed by atoms with Gasteiger partial charge < -0.3 is 8.98 Å². The summed E-state index contributed by atoms with van der Waals surface area (Å²) in [7, 11) is 0. The summed E-state index contributed by atoms with van der Waals surface area (Å²) >= 11 is 0. The molecule has 0 spiro atoms. The van der Waals surface area contributed by atoms with Crippen molar-refractivity contribution in [3.05, 3.63) is 176 Å². The minimum Gasteiger partial charge on any atom is -0.455 e. The summed E-state index contributed by atoms with van der Waals surface area (Å²) in [5, 5.41) is 7.87. The first-order valence-corrected chi connectivity index (χ1v) is 17.6. The van der Waals surface area contributed by atoms with Gasteiger partial charge in [0.1, 0.15) is 11.2 Å². The monoisotopic (exact) mass is 663 g/mol. The van der Waals surface area contributed by atoms with Crippen LogP contribution in [-0.2, 0) is 0 Å². The molecule has 0 fully saturated rings. The predicted molar refractivity (Wildman–Crippen MR) is 215 cm³/mol. The van der Waals surface area contributed by atoms with E-state index in [4.69, 9.17) is 14.4 Å². The summed E-state index contributed by atoms with van der Waals surface area (Å²) in [5.41, 5.74) is 11.0. The summed E-state index contributed by atoms with van der Waals surface area (Å²) in [6.07, 6.45) is 0. The molecule has 11 rings (SSSR count). The molecule has 11 aromatic rings. The van der Waals surface area contributed by atoms with E-state index in [1.165, 1.54) is 32.9 Å². The van der Waals surface area contributed by atoms with Crippen molar-refractivity contribution < 1.29 is 4.42 Å². The minimum absolute atomic E-state index is 0.637. The molecule has 8 aromatic carbocycles. The highest BCUT2D eigenvalue weighted by Crippen LogP contribution is 2.42. The summed E-state index contributed by atoms with van der Waals surface area (Å²) in [6, 6.07) is 61.9. The normalized spacial score (nSPS) is 11.8. The molecule has 4 nitrogen and oxygen atoms in total. The smallest absolute Gasteiger partial charge is 0.164 e. The Morgan fingerprint density at radius 1 is 0.442 bits per heavy atom. The van der Waals surface area contributed by atoms with Crippen LogP contribution in [0.3, 0.4) is 0 Å². The summed E-state index contributed by atoms with van der Waals surface area (Å²) < 4.78 is 9.27. The highest BCUT2D eigenvalue weighted by atomic mass is 16.3. The van der Waals surface area contributed by atoms with E-state index in [1.807, 2.05) is 12.1 Å². The van der Waals surface area contributed by atoms with E-state index in [0.29, 0.717) is 5.82 Å². The number of hydrogen-bond donors (Lipinski definition) is 0. The third-order valence-corrected chi connectivity index (χ3v) is 10.4. The highest BCUT2D eigenvalue weighted by Gasteiger charge is 2.21. The van der Waals surface area contributed by atoms with Gasteiger partial charge in [-0.15, -0.1) is 0 Å². The van der Waals surface area contributed by atoms with E-state index in [0.717, 1.165) is 66.1 Å². The van der Waals surface area contributed by atoms with Crippen molar-refractivity contribution in [1.82, 2.24) is 14.5 Å². The van der Waals surface area contributed by atoms with Gasteiger partial charge in [0.25, 0.3) is 0 Å². The second-order valence-electron chi connectivity index (χ2n) is 13.4. The number of hydrogen-bond acceptors (Lipinski definition) is 3. The van der Waals surface area contributed by atoms with Crippen molar-refractivity contribution in [2.24, 2.45) is 0 Å². The molecule has 52 heavy (non-hydrogen) atoms. The Morgan fingerprint density at radius 3 is 1.83 bits per heavy atom. The number of rotatable bonds is 4. The lowest BCUT2D eigenvalue weighted by molar-refractivity contribution is 0.669. The van der Waals surface area contributed by atoms with Crippen LogP contribution in [0.1, 0.15) is 0 Å². The fraction of sp³-hybridized carbons (Fsp3) is 0. The Morgan fingerprint density at radius 2 is 1.06 bits per heavy atom. The van der Waals surface area contributed by atoms with E-state index in [-0.39, 0.29) is 0 Å². The number of benzene rings is 8. The van der Waals surface area contributed by atoms with Crippen molar-refractivity contribution >= 4 is 65.4 Å². The maximum atomic E-state index is 6.94. The van der Waals surface area contributed by atoms with Gasteiger partial charge in [0.05, 0.1) is 27.8 Å². The zero-order chi connectivity index (χ0) is 34.2. The largest absolute Gasteiger partial charge is 0.455 e. The lowest BCUT2D eigenvalue weighted by Crippen LogP contribution is -1.96. The zero-order valence-electron chi connectivity index (χ0n) is 28.0. The van der Waals surface area contributed by atoms with Crippen molar-refractivity contribution in [2.75, 3.05) is 0 Å². The lowest BCUT2D eigenvalue weighted by Gasteiger charge is -2.11. The first kappa shape index (κ1) is 28.8. The van der Waals surface area contributed by atoms with Crippen LogP contribution in [0.25, 0.3) is 105 Å². The van der Waals surface area contributed by atoms with Gasteiger partial charge in [0.15, 0.2) is 5.82 Å². The van der Waals surface area contributed by atoms with Gasteiger partial charge in [-0.3, -0.25) is 0 Å². The van der Waals surface area contributed by atoms with Crippen LogP contribution in [0.2, 0.25) is 0 Å². The van der Waals surface area contributed by atoms with Crippen LogP contribution in [0.15, 0.2) is 180 Å². The SMILES string of the molecule is c1ccc(-c2ccc(-c3nc(-c4cc5ccccc5c5c4oc4cc(-n6c7ccccc7c7ccccc76)ccc45)nc4ccccc34)cc2)cc1. The molecule has 0 unspecified atom stereocenters. The van der Waals surface area contributed by atoms with Crippen LogP contribution in [0.5, 0.6) is 0 Å². The Kier molecular flexibility index (Phi) is 6.22. The first-order chi connectivity index (χ1) is 25.8. The third kappa shape index (κ3) is 4.34. The highest BCUT2D eigenvalue weighted by molar-refractivity contribution is 6.22. The lowest BCUT2D eigenvalue weighted by atomic mass is 9.98. The second kappa shape index (κ2) is 11.2. The van der Waals surface area contributed by atoms with Crippen molar-refractivity contribution in [3.63, 3.8) is 0 Å². The number of furan rings is 1. The molecule has 3 heterocycles. The Bertz CT molecular complexity index is 3120. The number of fused-ring (bicyclic) bond motifs is 9. The van der Waals surface area contributed by atoms with Gasteiger partial charge in [0.2, 0.25) is 0 Å². The third-order valence-electron chi connectivity index (χ3n) is 10.4. The van der Waals surface area contributed by atoms with Gasteiger partial charge in [-0.2, -0.15) is 0 Å². The summed E-state index contributed by atoms with van der Waals surface area (Å²) in [6.45, 7) is 0. The van der Waals surface area contributed by atoms with Crippen molar-refractivity contribution in [3.8, 4) is 39.5 Å². The molecule has 0 bridgehead atoms. The molecule has 4 heteroatoms. The predicted octanol–water partition coefficient (Wildman–Crippen LogP) is 12.8. The molecule has 0 amide bonds. The average molecular weight is 664 g/mol. The second-order valence-corrected chi connectivity index (χ2v) is 13.4. The van der Waals surface area contributed by atoms with E-state index >= 15 is 0 Å². The van der Waals surface area contributed by atoms with E-state index in [9.17, 15) is 0 Å². The Labute approximate surface area is 298 Å². The molecule has 0 N–H and O–H groups in total. The van der Waals surface area contributed by atoms with Crippen LogP contribution >= 0.6 is 0 Å². The molecule has 0 aliphatic rings. The van der Waals surface area contributed by atoms with E-state index in [1.54, 1.807) is 0 Å². The number of para-hydroxylation sites is 3. The van der Waals surface area contributed by atoms with Crippen molar-refractivity contribution in [1.29, 1.82) is 0 Å². The number of aromatic nitrogens is 3. The summed E-state index contributed by atoms with van der Waals surface area (Å²) in [5.74, 6) is 0.637. The molecular weight excluding hydrogens is 635 g/mol. The Hall–Kier alpha value is -7.04. The molecule has 0 aliphatic carbocycles. The van der Waals surface area contributed by atoms with Crippen LogP contribution in [0, 0.1) is 0 Å². The van der Waals surface area contributed by atoms with Crippen molar-refractivity contribution in [2.45, 2.75) is 0 Å². The quantitative estimate of drug-likeness (QED) is 0.188. The van der Waals surface area contributed by atoms with E-state index < -0.39 is 0 Å². The summed E-state index contributed by atoms with van der Waals surface area (Å²) in [4.78, 5) is 10.5. The molecule has 242 valence electrons. The number of nitrogens with zero attached hydrogens (tertiary/aromatic N) is 3. The molecule has 0 aliphatic heterocycles. The van der Waals surface area contributed by atoms with Crippen LogP contribution in [0.4, 0.5) is 0 Å². The first-order valence-electron chi connectivity index (χ1n) is 17.6. The maximum Gasteiger partial charge on any atom is 0.164 e. The maximum absolute atomic E-state index is 6.94. The molecule has 0 atom stereocenters.